The molecule has 0 spiro atoms. The number of para-hydroxylation sites is 1. The second-order valence-electron chi connectivity index (χ2n) is 7.04. The van der Waals surface area contributed by atoms with Crippen LogP contribution in [0.3, 0.4) is 0 Å². The van der Waals surface area contributed by atoms with Crippen LogP contribution in [0, 0.1) is 0 Å². The first-order valence-electron chi connectivity index (χ1n) is 9.42. The molecule has 1 atom stereocenters. The highest BCUT2D eigenvalue weighted by Gasteiger charge is 2.29. The molecule has 0 saturated carbocycles. The highest BCUT2D eigenvalue weighted by molar-refractivity contribution is 7.99. The van der Waals surface area contributed by atoms with Gasteiger partial charge in [0.2, 0.25) is 16.8 Å². The quantitative estimate of drug-likeness (QED) is 0.623. The van der Waals surface area contributed by atoms with E-state index in [1.54, 1.807) is 22.1 Å². The van der Waals surface area contributed by atoms with E-state index in [2.05, 4.69) is 5.16 Å². The average Bonchev–Trinajstić information content (AvgIpc) is 3.26. The Morgan fingerprint density at radius 1 is 1.10 bits per heavy atom. The molecule has 29 heavy (non-hydrogen) atoms. The first-order valence-corrected chi connectivity index (χ1v) is 12.1. The van der Waals surface area contributed by atoms with Gasteiger partial charge < -0.3 is 14.0 Å². The number of fused-ring (bicyclic) bond motifs is 2. The van der Waals surface area contributed by atoms with E-state index >= 15 is 0 Å². The molecule has 5 rings (SSSR count). The van der Waals surface area contributed by atoms with Gasteiger partial charge in [-0.25, -0.2) is 12.7 Å². The second kappa shape index (κ2) is 7.55. The van der Waals surface area contributed by atoms with Crippen LogP contribution >= 0.6 is 11.8 Å². The first-order chi connectivity index (χ1) is 14.1. The molecular weight excluding hydrogens is 412 g/mol. The zero-order valence-electron chi connectivity index (χ0n) is 15.6. The summed E-state index contributed by atoms with van der Waals surface area (Å²) in [6.07, 6.45) is 0.739. The number of hydrogen-bond donors (Lipinski definition) is 0. The van der Waals surface area contributed by atoms with E-state index in [0.717, 1.165) is 34.6 Å². The molecule has 2 aliphatic rings. The van der Waals surface area contributed by atoms with Crippen molar-refractivity contribution in [2.45, 2.75) is 17.4 Å². The topological polar surface area (TPSA) is 81.9 Å². The maximum Gasteiger partial charge on any atom is 0.231 e. The summed E-state index contributed by atoms with van der Waals surface area (Å²) < 4.78 is 43.8. The van der Waals surface area contributed by atoms with Gasteiger partial charge in [-0.15, -0.1) is 0 Å². The fourth-order valence-electron chi connectivity index (χ4n) is 3.71. The zero-order chi connectivity index (χ0) is 19.8. The van der Waals surface area contributed by atoms with Gasteiger partial charge in [-0.05, 0) is 36.2 Å². The van der Waals surface area contributed by atoms with Crippen LogP contribution in [0.2, 0.25) is 0 Å². The second-order valence-corrected chi connectivity index (χ2v) is 10.3. The molecule has 2 aromatic carbocycles. The van der Waals surface area contributed by atoms with Crippen molar-refractivity contribution in [3.05, 3.63) is 53.7 Å². The molecule has 3 aromatic rings. The van der Waals surface area contributed by atoms with Crippen LogP contribution in [-0.2, 0) is 15.8 Å². The molecule has 3 heterocycles. The SMILES string of the molecule is O=S(=O)(Cc1noc2ccccc12)N1CCSC(c2ccc3c(c2)OCO3)CC1. The van der Waals surface area contributed by atoms with E-state index in [-0.39, 0.29) is 17.8 Å². The summed E-state index contributed by atoms with van der Waals surface area (Å²) in [6.45, 7) is 1.22. The largest absolute Gasteiger partial charge is 0.454 e. The number of rotatable bonds is 4. The number of aromatic nitrogens is 1. The van der Waals surface area contributed by atoms with Gasteiger partial charge in [0.05, 0.1) is 0 Å². The molecule has 7 nitrogen and oxygen atoms in total. The van der Waals surface area contributed by atoms with Crippen LogP contribution in [0.15, 0.2) is 47.0 Å². The van der Waals surface area contributed by atoms with Gasteiger partial charge in [-0.3, -0.25) is 0 Å². The van der Waals surface area contributed by atoms with E-state index in [4.69, 9.17) is 14.0 Å². The molecule has 0 amide bonds. The molecule has 152 valence electrons. The summed E-state index contributed by atoms with van der Waals surface area (Å²) in [6, 6.07) is 13.3. The molecule has 0 aliphatic carbocycles. The molecule has 2 aliphatic heterocycles. The van der Waals surface area contributed by atoms with Crippen LogP contribution in [-0.4, -0.2) is 43.5 Å². The monoisotopic (exact) mass is 432 g/mol. The Morgan fingerprint density at radius 2 is 1.97 bits per heavy atom. The molecule has 0 N–H and O–H groups in total. The predicted octanol–water partition coefficient (Wildman–Crippen LogP) is 3.57. The van der Waals surface area contributed by atoms with Gasteiger partial charge >= 0.3 is 0 Å². The highest BCUT2D eigenvalue weighted by atomic mass is 32.2. The third-order valence-electron chi connectivity index (χ3n) is 5.23. The standard InChI is InChI=1S/C20H20N2O5S2/c23-29(24,12-16-15-3-1-2-4-17(15)27-21-16)22-8-7-20(28-10-9-22)14-5-6-18-19(11-14)26-13-25-18/h1-6,11,20H,7-10,12-13H2. The zero-order valence-corrected chi connectivity index (χ0v) is 17.2. The molecule has 1 fully saturated rings. The minimum absolute atomic E-state index is 0.149. The van der Waals surface area contributed by atoms with Gasteiger partial charge in [-0.1, -0.05) is 23.4 Å². The van der Waals surface area contributed by atoms with Crippen LogP contribution in [0.4, 0.5) is 0 Å². The molecular formula is C20H20N2O5S2. The van der Waals surface area contributed by atoms with Crippen LogP contribution in [0.1, 0.15) is 22.9 Å². The van der Waals surface area contributed by atoms with Crippen molar-refractivity contribution in [1.82, 2.24) is 9.46 Å². The summed E-state index contributed by atoms with van der Waals surface area (Å²) in [5.41, 5.74) is 2.21. The van der Waals surface area contributed by atoms with E-state index in [9.17, 15) is 8.42 Å². The highest BCUT2D eigenvalue weighted by Crippen LogP contribution is 2.40. The smallest absolute Gasteiger partial charge is 0.231 e. The lowest BCUT2D eigenvalue weighted by molar-refractivity contribution is 0.174. The van der Waals surface area contributed by atoms with Gasteiger partial charge in [-0.2, -0.15) is 11.8 Å². The molecule has 0 radical (unpaired) electrons. The fourth-order valence-corrected chi connectivity index (χ4v) is 6.54. The van der Waals surface area contributed by atoms with E-state index in [1.807, 2.05) is 36.4 Å². The summed E-state index contributed by atoms with van der Waals surface area (Å²) in [5, 5.41) is 4.95. The van der Waals surface area contributed by atoms with E-state index < -0.39 is 10.0 Å². The van der Waals surface area contributed by atoms with Gasteiger partial charge in [0.1, 0.15) is 11.4 Å². The molecule has 0 bridgehead atoms. The Labute approximate surface area is 173 Å². The van der Waals surface area contributed by atoms with Crippen molar-refractivity contribution in [2.24, 2.45) is 0 Å². The minimum Gasteiger partial charge on any atom is -0.454 e. The van der Waals surface area contributed by atoms with Crippen molar-refractivity contribution in [2.75, 3.05) is 25.6 Å². The first kappa shape index (κ1) is 18.8. The summed E-state index contributed by atoms with van der Waals surface area (Å²) in [5.74, 6) is 2.10. The third-order valence-corrected chi connectivity index (χ3v) is 8.35. The van der Waals surface area contributed by atoms with Crippen molar-refractivity contribution in [3.63, 3.8) is 0 Å². The Kier molecular flexibility index (Phi) is 4.89. The van der Waals surface area contributed by atoms with Crippen molar-refractivity contribution >= 4 is 32.8 Å². The number of ether oxygens (including phenoxy) is 2. The van der Waals surface area contributed by atoms with Gasteiger partial charge in [0.25, 0.3) is 0 Å². The predicted molar refractivity (Wildman–Crippen MR) is 111 cm³/mol. The third kappa shape index (κ3) is 3.70. The van der Waals surface area contributed by atoms with E-state index in [1.165, 1.54) is 0 Å². The lowest BCUT2D eigenvalue weighted by Crippen LogP contribution is -2.34. The molecule has 1 aromatic heterocycles. The Bertz CT molecular complexity index is 1140. The van der Waals surface area contributed by atoms with Crippen molar-refractivity contribution in [3.8, 4) is 11.5 Å². The minimum atomic E-state index is -3.48. The molecule has 1 unspecified atom stereocenters. The summed E-state index contributed by atoms with van der Waals surface area (Å²) in [4.78, 5) is 0. The molecule has 9 heteroatoms. The average molecular weight is 433 g/mol. The Hall–Kier alpha value is -2.23. The van der Waals surface area contributed by atoms with Crippen molar-refractivity contribution < 1.29 is 22.4 Å². The Morgan fingerprint density at radius 3 is 2.90 bits per heavy atom. The molecule has 1 saturated heterocycles. The normalized spacial score (nSPS) is 20.1. The maximum absolute atomic E-state index is 13.0. The number of benzene rings is 2. The number of hydrogen-bond acceptors (Lipinski definition) is 7. The lowest BCUT2D eigenvalue weighted by atomic mass is 10.1. The van der Waals surface area contributed by atoms with Crippen LogP contribution < -0.4 is 9.47 Å². The lowest BCUT2D eigenvalue weighted by Gasteiger charge is -2.19. The number of sulfonamides is 1. The van der Waals surface area contributed by atoms with Crippen LogP contribution in [0.25, 0.3) is 11.0 Å². The van der Waals surface area contributed by atoms with Gasteiger partial charge in [0.15, 0.2) is 17.1 Å². The van der Waals surface area contributed by atoms with Crippen LogP contribution in [0.5, 0.6) is 11.5 Å². The van der Waals surface area contributed by atoms with Crippen molar-refractivity contribution in [1.29, 1.82) is 0 Å². The fraction of sp³-hybridized carbons (Fsp3) is 0.350. The Balaban J connectivity index is 1.31. The van der Waals surface area contributed by atoms with E-state index in [0.29, 0.717) is 24.4 Å². The number of nitrogens with zero attached hydrogens (tertiary/aromatic N) is 2. The maximum atomic E-state index is 13.0. The summed E-state index contributed by atoms with van der Waals surface area (Å²) >= 11 is 1.78. The van der Waals surface area contributed by atoms with Gasteiger partial charge in [0, 0.05) is 29.5 Å². The summed E-state index contributed by atoms with van der Waals surface area (Å²) in [7, 11) is -3.48. The number of thioether (sulfide) groups is 1.